The predicted octanol–water partition coefficient (Wildman–Crippen LogP) is 2.06. The summed E-state index contributed by atoms with van der Waals surface area (Å²) in [4.78, 5) is 16.5. The van der Waals surface area contributed by atoms with Crippen LogP contribution in [-0.2, 0) is 6.42 Å². The third kappa shape index (κ3) is 3.87. The summed E-state index contributed by atoms with van der Waals surface area (Å²) in [5.74, 6) is 0.157. The van der Waals surface area contributed by atoms with Gasteiger partial charge >= 0.3 is 0 Å². The number of aromatic nitrogens is 4. The molecule has 0 aliphatic heterocycles. The third-order valence-corrected chi connectivity index (χ3v) is 3.51. The van der Waals surface area contributed by atoms with E-state index in [0.29, 0.717) is 17.8 Å². The van der Waals surface area contributed by atoms with Gasteiger partial charge in [0, 0.05) is 18.7 Å². The van der Waals surface area contributed by atoms with E-state index in [-0.39, 0.29) is 30.1 Å². The first-order chi connectivity index (χ1) is 11.2. The quantitative estimate of drug-likeness (QED) is 0.687. The van der Waals surface area contributed by atoms with Crippen LogP contribution in [0.25, 0.3) is 5.69 Å². The van der Waals surface area contributed by atoms with Crippen LogP contribution in [0.4, 0.5) is 0 Å². The van der Waals surface area contributed by atoms with Crippen molar-refractivity contribution in [3.63, 3.8) is 0 Å². The van der Waals surface area contributed by atoms with Gasteiger partial charge in [0.25, 0.3) is 11.7 Å². The van der Waals surface area contributed by atoms with Gasteiger partial charge in [-0.15, -0.1) is 12.4 Å². The van der Waals surface area contributed by atoms with Gasteiger partial charge in [0.1, 0.15) is 0 Å². The molecule has 1 aromatic carbocycles. The fourth-order valence-corrected chi connectivity index (χ4v) is 2.09. The molecule has 126 valence electrons. The lowest BCUT2D eigenvalue weighted by Crippen LogP contribution is -2.24. The molecule has 2 aromatic heterocycles. The Morgan fingerprint density at radius 1 is 1.33 bits per heavy atom. The van der Waals surface area contributed by atoms with Crippen molar-refractivity contribution in [2.45, 2.75) is 19.4 Å². The predicted molar refractivity (Wildman–Crippen MR) is 90.8 cm³/mol. The summed E-state index contributed by atoms with van der Waals surface area (Å²) in [6.45, 7) is 2.00. The van der Waals surface area contributed by atoms with Crippen molar-refractivity contribution in [2.24, 2.45) is 0 Å². The maximum atomic E-state index is 12.4. The second-order valence-corrected chi connectivity index (χ2v) is 5.25. The van der Waals surface area contributed by atoms with E-state index < -0.39 is 0 Å². The number of nitrogens with one attached hydrogen (secondary N) is 1. The van der Waals surface area contributed by atoms with Crippen molar-refractivity contribution < 1.29 is 9.32 Å². The number of ketones is 1. The minimum Gasteiger partial charge on any atom is -0.330 e. The Kier molecular flexibility index (Phi) is 5.83. The zero-order valence-electron chi connectivity index (χ0n) is 13.3. The summed E-state index contributed by atoms with van der Waals surface area (Å²) in [6, 6.07) is 9.76. The molecule has 0 saturated heterocycles. The first-order valence-electron chi connectivity index (χ1n) is 7.32. The van der Waals surface area contributed by atoms with Crippen molar-refractivity contribution in [3.05, 3.63) is 60.0 Å². The number of carbonyl (C=O) groups is 1. The van der Waals surface area contributed by atoms with Crippen molar-refractivity contribution in [1.29, 1.82) is 0 Å². The number of carbonyl (C=O) groups excluding carboxylic acids is 1. The molecule has 0 saturated carbocycles. The number of hydrogen-bond donors (Lipinski definition) is 1. The minimum atomic E-state index is -0.331. The van der Waals surface area contributed by atoms with Gasteiger partial charge in [0.2, 0.25) is 0 Å². The molecular weight excluding hydrogens is 330 g/mol. The standard InChI is InChI=1S/C16H17N5O2.ClH/c1-11(17-2)8-14-19-16(23-20-14)15(22)12-9-18-21(10-12)13-6-4-3-5-7-13;/h3-7,9-11,17H,8H2,1-2H3;1H. The zero-order chi connectivity index (χ0) is 16.2. The Morgan fingerprint density at radius 2 is 2.08 bits per heavy atom. The molecule has 0 fully saturated rings. The van der Waals surface area contributed by atoms with E-state index in [1.54, 1.807) is 10.9 Å². The fourth-order valence-electron chi connectivity index (χ4n) is 2.09. The average Bonchev–Trinajstić information content (AvgIpc) is 3.24. The van der Waals surface area contributed by atoms with E-state index in [2.05, 4.69) is 20.6 Å². The first kappa shape index (κ1) is 17.8. The molecule has 1 N–H and O–H groups in total. The molecule has 3 rings (SSSR count). The molecule has 0 aliphatic rings. The smallest absolute Gasteiger partial charge is 0.299 e. The van der Waals surface area contributed by atoms with Crippen LogP contribution in [-0.4, -0.2) is 38.8 Å². The maximum Gasteiger partial charge on any atom is 0.299 e. The molecule has 1 atom stereocenters. The molecule has 3 aromatic rings. The number of likely N-dealkylation sites (N-methyl/N-ethyl adjacent to an activating group) is 1. The van der Waals surface area contributed by atoms with Gasteiger partial charge < -0.3 is 9.84 Å². The third-order valence-electron chi connectivity index (χ3n) is 3.51. The SMILES string of the molecule is CNC(C)Cc1noc(C(=O)c2cnn(-c3ccccc3)c2)n1.Cl. The van der Waals surface area contributed by atoms with Gasteiger partial charge in [-0.25, -0.2) is 4.68 Å². The molecule has 24 heavy (non-hydrogen) atoms. The summed E-state index contributed by atoms with van der Waals surface area (Å²) in [5, 5.41) is 11.1. The molecular formula is C16H18ClN5O2. The lowest BCUT2D eigenvalue weighted by Gasteiger charge is -2.04. The van der Waals surface area contributed by atoms with E-state index in [9.17, 15) is 4.79 Å². The van der Waals surface area contributed by atoms with Crippen LogP contribution in [0, 0.1) is 0 Å². The van der Waals surface area contributed by atoms with E-state index in [0.717, 1.165) is 5.69 Å². The van der Waals surface area contributed by atoms with E-state index in [1.807, 2.05) is 44.3 Å². The summed E-state index contributed by atoms with van der Waals surface area (Å²) < 4.78 is 6.70. The summed E-state index contributed by atoms with van der Waals surface area (Å²) in [7, 11) is 1.86. The van der Waals surface area contributed by atoms with E-state index in [1.165, 1.54) is 6.20 Å². The highest BCUT2D eigenvalue weighted by molar-refractivity contribution is 6.05. The molecule has 0 radical (unpaired) electrons. The van der Waals surface area contributed by atoms with E-state index in [4.69, 9.17) is 4.52 Å². The normalized spacial score (nSPS) is 11.8. The molecule has 0 amide bonds. The van der Waals surface area contributed by atoms with Gasteiger partial charge in [-0.3, -0.25) is 4.79 Å². The maximum absolute atomic E-state index is 12.4. The minimum absolute atomic E-state index is 0. The monoisotopic (exact) mass is 347 g/mol. The van der Waals surface area contributed by atoms with Crippen LogP contribution in [0.15, 0.2) is 47.2 Å². The van der Waals surface area contributed by atoms with Gasteiger partial charge in [0.05, 0.1) is 17.4 Å². The van der Waals surface area contributed by atoms with Crippen molar-refractivity contribution in [1.82, 2.24) is 25.2 Å². The summed E-state index contributed by atoms with van der Waals surface area (Å²) >= 11 is 0. The van der Waals surface area contributed by atoms with Gasteiger partial charge in [-0.05, 0) is 26.1 Å². The second-order valence-electron chi connectivity index (χ2n) is 5.25. The van der Waals surface area contributed by atoms with Crippen LogP contribution in [0.2, 0.25) is 0 Å². The highest BCUT2D eigenvalue weighted by Gasteiger charge is 2.19. The van der Waals surface area contributed by atoms with Crippen molar-refractivity contribution >= 4 is 18.2 Å². The number of halogens is 1. The first-order valence-corrected chi connectivity index (χ1v) is 7.32. The number of nitrogens with zero attached hydrogens (tertiary/aromatic N) is 4. The summed E-state index contributed by atoms with van der Waals surface area (Å²) in [5.41, 5.74) is 1.28. The number of hydrogen-bond acceptors (Lipinski definition) is 6. The lowest BCUT2D eigenvalue weighted by molar-refractivity contribution is 0.0994. The second kappa shape index (κ2) is 7.85. The lowest BCUT2D eigenvalue weighted by atomic mass is 10.2. The van der Waals surface area contributed by atoms with Crippen LogP contribution in [0.3, 0.4) is 0 Å². The molecule has 2 heterocycles. The molecule has 0 bridgehead atoms. The Morgan fingerprint density at radius 3 is 2.79 bits per heavy atom. The Hall–Kier alpha value is -2.51. The number of rotatable bonds is 6. The van der Waals surface area contributed by atoms with Crippen LogP contribution in [0.5, 0.6) is 0 Å². The Labute approximate surface area is 145 Å². The van der Waals surface area contributed by atoms with Gasteiger partial charge in [-0.2, -0.15) is 10.1 Å². The highest BCUT2D eigenvalue weighted by Crippen LogP contribution is 2.12. The van der Waals surface area contributed by atoms with Crippen LogP contribution < -0.4 is 5.32 Å². The van der Waals surface area contributed by atoms with E-state index >= 15 is 0 Å². The Balaban J connectivity index is 0.00000208. The molecule has 7 nitrogen and oxygen atoms in total. The number of benzene rings is 1. The van der Waals surface area contributed by atoms with Crippen LogP contribution in [0.1, 0.15) is 29.0 Å². The van der Waals surface area contributed by atoms with Crippen LogP contribution >= 0.6 is 12.4 Å². The van der Waals surface area contributed by atoms with Gasteiger partial charge in [0.15, 0.2) is 5.82 Å². The summed E-state index contributed by atoms with van der Waals surface area (Å²) in [6.07, 6.45) is 3.74. The average molecular weight is 348 g/mol. The number of para-hydroxylation sites is 1. The largest absolute Gasteiger partial charge is 0.330 e. The Bertz CT molecular complexity index is 800. The molecule has 1 unspecified atom stereocenters. The zero-order valence-corrected chi connectivity index (χ0v) is 14.2. The van der Waals surface area contributed by atoms with Crippen molar-refractivity contribution in [3.8, 4) is 5.69 Å². The molecule has 0 aliphatic carbocycles. The topological polar surface area (TPSA) is 85.8 Å². The molecule has 0 spiro atoms. The highest BCUT2D eigenvalue weighted by atomic mass is 35.5. The fraction of sp³-hybridized carbons (Fsp3) is 0.250. The van der Waals surface area contributed by atoms with Crippen molar-refractivity contribution in [2.75, 3.05) is 7.05 Å². The van der Waals surface area contributed by atoms with Gasteiger partial charge in [-0.1, -0.05) is 23.4 Å². The molecule has 8 heteroatoms.